The molecule has 10 heteroatoms. The molecule has 0 saturated carbocycles. The average molecular weight is 437 g/mol. The second kappa shape index (κ2) is 8.93. The Balaban J connectivity index is 1.61. The van der Waals surface area contributed by atoms with Crippen molar-refractivity contribution < 1.29 is 4.79 Å². The summed E-state index contributed by atoms with van der Waals surface area (Å²) in [6.07, 6.45) is 1.67. The van der Waals surface area contributed by atoms with Crippen LogP contribution in [0.3, 0.4) is 0 Å². The molecule has 0 aliphatic rings. The minimum atomic E-state index is -0.329. The van der Waals surface area contributed by atoms with E-state index in [1.807, 2.05) is 45.9 Å². The van der Waals surface area contributed by atoms with Crippen molar-refractivity contribution in [3.8, 4) is 0 Å². The first-order chi connectivity index (χ1) is 13.3. The molecule has 148 valence electrons. The quantitative estimate of drug-likeness (QED) is 0.499. The zero-order valence-corrected chi connectivity index (χ0v) is 18.3. The van der Waals surface area contributed by atoms with Gasteiger partial charge in [0.2, 0.25) is 11.0 Å². The fourth-order valence-corrected chi connectivity index (χ4v) is 4.51. The van der Waals surface area contributed by atoms with Crippen LogP contribution in [0, 0.1) is 6.92 Å². The van der Waals surface area contributed by atoms with Crippen molar-refractivity contribution in [1.29, 1.82) is 0 Å². The lowest BCUT2D eigenvalue weighted by Gasteiger charge is -2.14. The van der Waals surface area contributed by atoms with Gasteiger partial charge in [0.25, 0.3) is 0 Å². The molecule has 1 aromatic carbocycles. The molecule has 0 bridgehead atoms. The smallest absolute Gasteiger partial charge is 0.238 e. The number of carbonyl (C=O) groups is 1. The van der Waals surface area contributed by atoms with Crippen LogP contribution < -0.4 is 10.6 Å². The number of thioether (sulfide) groups is 1. The number of hydrogen-bond donors (Lipinski definition) is 2. The van der Waals surface area contributed by atoms with Gasteiger partial charge in [0, 0.05) is 22.8 Å². The molecule has 0 radical (unpaired) electrons. The van der Waals surface area contributed by atoms with Gasteiger partial charge in [0.05, 0.1) is 11.4 Å². The van der Waals surface area contributed by atoms with E-state index in [1.54, 1.807) is 16.9 Å². The van der Waals surface area contributed by atoms with Crippen molar-refractivity contribution >= 4 is 57.2 Å². The maximum atomic E-state index is 12.5. The van der Waals surface area contributed by atoms with Gasteiger partial charge in [0.1, 0.15) is 5.82 Å². The Hall–Kier alpha value is -2.10. The second-order valence-electron chi connectivity index (χ2n) is 6.41. The predicted octanol–water partition coefficient (Wildman–Crippen LogP) is 5.14. The predicted molar refractivity (Wildman–Crippen MR) is 116 cm³/mol. The minimum absolute atomic E-state index is 0.109. The van der Waals surface area contributed by atoms with Crippen molar-refractivity contribution in [2.24, 2.45) is 0 Å². The average Bonchev–Trinajstić information content (AvgIpc) is 3.28. The lowest BCUT2D eigenvalue weighted by molar-refractivity contribution is -0.115. The fraction of sp³-hybridized carbons (Fsp3) is 0.333. The monoisotopic (exact) mass is 436 g/mol. The summed E-state index contributed by atoms with van der Waals surface area (Å²) in [7, 11) is 0. The number of halogens is 1. The first-order valence-corrected chi connectivity index (χ1v) is 10.8. The molecule has 2 heterocycles. The SMILES string of the molecule is Cc1c(Cl)cccc1Nc1nnc(SC(C)C(=O)Nc2ccnn2C(C)C)s1. The number of aromatic nitrogens is 4. The van der Waals surface area contributed by atoms with Crippen LogP contribution in [0.25, 0.3) is 0 Å². The molecule has 2 aromatic heterocycles. The number of hydrogen-bond acceptors (Lipinski definition) is 7. The maximum absolute atomic E-state index is 12.5. The summed E-state index contributed by atoms with van der Waals surface area (Å²) in [5.41, 5.74) is 1.83. The van der Waals surface area contributed by atoms with E-state index in [0.717, 1.165) is 11.3 Å². The van der Waals surface area contributed by atoms with Crippen molar-refractivity contribution in [1.82, 2.24) is 20.0 Å². The summed E-state index contributed by atoms with van der Waals surface area (Å²) in [5.74, 6) is 0.575. The molecule has 1 atom stereocenters. The zero-order chi connectivity index (χ0) is 20.3. The summed E-state index contributed by atoms with van der Waals surface area (Å²) in [6, 6.07) is 7.61. The van der Waals surface area contributed by atoms with Gasteiger partial charge in [-0.1, -0.05) is 40.8 Å². The molecule has 2 N–H and O–H groups in total. The molecular weight excluding hydrogens is 416 g/mol. The number of nitrogens with zero attached hydrogens (tertiary/aromatic N) is 4. The van der Waals surface area contributed by atoms with Crippen LogP contribution in [0.5, 0.6) is 0 Å². The van der Waals surface area contributed by atoms with E-state index in [2.05, 4.69) is 25.9 Å². The van der Waals surface area contributed by atoms with Gasteiger partial charge in [0.15, 0.2) is 4.34 Å². The van der Waals surface area contributed by atoms with Crippen molar-refractivity contribution in [3.63, 3.8) is 0 Å². The molecule has 1 unspecified atom stereocenters. The molecule has 3 rings (SSSR count). The van der Waals surface area contributed by atoms with E-state index in [4.69, 9.17) is 11.6 Å². The van der Waals surface area contributed by atoms with Crippen molar-refractivity contribution in [2.45, 2.75) is 43.3 Å². The molecule has 3 aromatic rings. The molecule has 0 saturated heterocycles. The number of carbonyl (C=O) groups excluding carboxylic acids is 1. The van der Waals surface area contributed by atoms with Gasteiger partial charge in [-0.2, -0.15) is 5.10 Å². The van der Waals surface area contributed by atoms with Crippen LogP contribution in [-0.4, -0.2) is 31.1 Å². The lowest BCUT2D eigenvalue weighted by Crippen LogP contribution is -2.24. The van der Waals surface area contributed by atoms with Gasteiger partial charge < -0.3 is 10.6 Å². The number of amides is 1. The molecule has 0 aliphatic carbocycles. The highest BCUT2D eigenvalue weighted by molar-refractivity contribution is 8.02. The summed E-state index contributed by atoms with van der Waals surface area (Å²) >= 11 is 8.91. The summed E-state index contributed by atoms with van der Waals surface area (Å²) in [6.45, 7) is 7.80. The summed E-state index contributed by atoms with van der Waals surface area (Å²) < 4.78 is 2.48. The van der Waals surface area contributed by atoms with E-state index in [9.17, 15) is 4.79 Å². The minimum Gasteiger partial charge on any atom is -0.330 e. The molecule has 0 fully saturated rings. The number of nitrogens with one attached hydrogen (secondary N) is 2. The Morgan fingerprint density at radius 3 is 2.79 bits per heavy atom. The van der Waals surface area contributed by atoms with Gasteiger partial charge in [-0.05, 0) is 45.4 Å². The molecule has 7 nitrogen and oxygen atoms in total. The normalized spacial score (nSPS) is 12.2. The largest absolute Gasteiger partial charge is 0.330 e. The number of anilines is 3. The van der Waals surface area contributed by atoms with Gasteiger partial charge in [-0.15, -0.1) is 10.2 Å². The lowest BCUT2D eigenvalue weighted by atomic mass is 10.2. The Morgan fingerprint density at radius 2 is 2.04 bits per heavy atom. The van der Waals surface area contributed by atoms with Crippen molar-refractivity contribution in [3.05, 3.63) is 41.0 Å². The third kappa shape index (κ3) is 4.84. The Kier molecular flexibility index (Phi) is 6.58. The van der Waals surface area contributed by atoms with Crippen LogP contribution in [0.4, 0.5) is 16.6 Å². The van der Waals surface area contributed by atoms with Gasteiger partial charge in [-0.25, -0.2) is 4.68 Å². The molecule has 28 heavy (non-hydrogen) atoms. The number of rotatable bonds is 7. The second-order valence-corrected chi connectivity index (χ2v) is 9.39. The zero-order valence-electron chi connectivity index (χ0n) is 15.9. The van der Waals surface area contributed by atoms with Crippen molar-refractivity contribution in [2.75, 3.05) is 10.6 Å². The molecule has 0 aliphatic heterocycles. The van der Waals surface area contributed by atoms with E-state index < -0.39 is 0 Å². The maximum Gasteiger partial charge on any atom is 0.238 e. The van der Waals surface area contributed by atoms with E-state index in [0.29, 0.717) is 20.3 Å². The molecule has 0 spiro atoms. The Bertz CT molecular complexity index is 971. The van der Waals surface area contributed by atoms with Crippen LogP contribution >= 0.6 is 34.7 Å². The summed E-state index contributed by atoms with van der Waals surface area (Å²) in [5, 5.41) is 19.7. The van der Waals surface area contributed by atoms with E-state index in [1.165, 1.54) is 23.1 Å². The van der Waals surface area contributed by atoms with Crippen LogP contribution in [0.15, 0.2) is 34.8 Å². The highest BCUT2D eigenvalue weighted by Crippen LogP contribution is 2.32. The third-order valence-electron chi connectivity index (χ3n) is 3.97. The van der Waals surface area contributed by atoms with Crippen LogP contribution in [0.1, 0.15) is 32.4 Å². The first kappa shape index (κ1) is 20.6. The molecule has 1 amide bonds. The highest BCUT2D eigenvalue weighted by Gasteiger charge is 2.19. The molecular formula is C18H21ClN6OS2. The number of benzene rings is 1. The van der Waals surface area contributed by atoms with Crippen LogP contribution in [-0.2, 0) is 4.79 Å². The topological polar surface area (TPSA) is 84.7 Å². The van der Waals surface area contributed by atoms with E-state index in [-0.39, 0.29) is 17.2 Å². The van der Waals surface area contributed by atoms with Crippen LogP contribution in [0.2, 0.25) is 5.02 Å². The Labute approximate surface area is 176 Å². The van der Waals surface area contributed by atoms with Gasteiger partial charge >= 0.3 is 0 Å². The standard InChI is InChI=1S/C18H21ClN6OS2/c1-10(2)25-15(8-9-20-25)22-16(26)12(4)27-18-24-23-17(28-18)21-14-7-5-6-13(19)11(14)3/h5-10,12H,1-4H3,(H,21,23)(H,22,26). The first-order valence-electron chi connectivity index (χ1n) is 8.72. The summed E-state index contributed by atoms with van der Waals surface area (Å²) in [4.78, 5) is 12.5. The highest BCUT2D eigenvalue weighted by atomic mass is 35.5. The van der Waals surface area contributed by atoms with E-state index >= 15 is 0 Å². The Morgan fingerprint density at radius 1 is 1.25 bits per heavy atom. The third-order valence-corrected chi connectivity index (χ3v) is 6.41. The fourth-order valence-electron chi connectivity index (χ4n) is 2.42. The van der Waals surface area contributed by atoms with Gasteiger partial charge in [-0.3, -0.25) is 4.79 Å².